The molecule has 0 aliphatic rings. The fourth-order valence-electron chi connectivity index (χ4n) is 2.54. The van der Waals surface area contributed by atoms with Gasteiger partial charge in [-0.3, -0.25) is 14.8 Å². The van der Waals surface area contributed by atoms with Crippen molar-refractivity contribution in [3.8, 4) is 0 Å². The third-order valence-corrected chi connectivity index (χ3v) is 4.19. The van der Waals surface area contributed by atoms with Crippen LogP contribution in [0.1, 0.15) is 11.3 Å². The standard InChI is InChI=1S/C18H17ClN6O3/c1-11-15-16(23-9-22-11)24-10-25(17(15)26)8-14(20)28-18(27)21-7-6-12-2-4-13(19)5-3-12/h2-5,9-10,20H,6-8H2,1H3,(H,21,27). The fourth-order valence-corrected chi connectivity index (χ4v) is 2.66. The lowest BCUT2D eigenvalue weighted by molar-refractivity contribution is 0.195. The van der Waals surface area contributed by atoms with E-state index in [0.717, 1.165) is 5.56 Å². The molecule has 3 rings (SSSR count). The Hall–Kier alpha value is -3.33. The second-order valence-corrected chi connectivity index (χ2v) is 6.39. The maximum atomic E-state index is 12.5. The third-order valence-electron chi connectivity index (χ3n) is 3.94. The lowest BCUT2D eigenvalue weighted by Crippen LogP contribution is -2.32. The highest BCUT2D eigenvalue weighted by Gasteiger charge is 2.12. The number of carbonyl (C=O) groups is 1. The van der Waals surface area contributed by atoms with Crippen LogP contribution in [-0.4, -0.2) is 38.1 Å². The highest BCUT2D eigenvalue weighted by Crippen LogP contribution is 2.09. The summed E-state index contributed by atoms with van der Waals surface area (Å²) in [6, 6.07) is 7.27. The normalized spacial score (nSPS) is 10.6. The van der Waals surface area contributed by atoms with Crippen LogP contribution < -0.4 is 10.9 Å². The molecule has 0 radical (unpaired) electrons. The number of alkyl carbamates (subject to hydrolysis) is 1. The van der Waals surface area contributed by atoms with E-state index in [4.69, 9.17) is 21.7 Å². The number of nitrogens with zero attached hydrogens (tertiary/aromatic N) is 4. The number of amides is 1. The summed E-state index contributed by atoms with van der Waals surface area (Å²) in [6.45, 7) is 1.77. The molecule has 0 aliphatic heterocycles. The average Bonchev–Trinajstić information content (AvgIpc) is 2.65. The van der Waals surface area contributed by atoms with Crippen molar-refractivity contribution < 1.29 is 9.53 Å². The minimum atomic E-state index is -0.764. The van der Waals surface area contributed by atoms with Gasteiger partial charge in [0.25, 0.3) is 5.56 Å². The van der Waals surface area contributed by atoms with Gasteiger partial charge in [0.05, 0.1) is 5.69 Å². The van der Waals surface area contributed by atoms with Crippen LogP contribution in [0.5, 0.6) is 0 Å². The molecule has 0 spiro atoms. The van der Waals surface area contributed by atoms with Crippen LogP contribution in [0.2, 0.25) is 5.02 Å². The van der Waals surface area contributed by atoms with E-state index in [-0.39, 0.29) is 23.5 Å². The zero-order valence-corrected chi connectivity index (χ0v) is 15.7. The Balaban J connectivity index is 1.55. The number of halogens is 1. The summed E-state index contributed by atoms with van der Waals surface area (Å²) in [7, 11) is 0. The Morgan fingerprint density at radius 3 is 2.75 bits per heavy atom. The number of aryl methyl sites for hydroxylation is 1. The molecule has 144 valence electrons. The van der Waals surface area contributed by atoms with Crippen LogP contribution >= 0.6 is 11.6 Å². The largest absolute Gasteiger partial charge is 0.413 e. The first-order valence-electron chi connectivity index (χ1n) is 8.38. The Morgan fingerprint density at radius 1 is 1.25 bits per heavy atom. The monoisotopic (exact) mass is 400 g/mol. The number of ether oxygens (including phenoxy) is 1. The second kappa shape index (κ2) is 8.57. The average molecular weight is 401 g/mol. The first kappa shape index (κ1) is 19.4. The second-order valence-electron chi connectivity index (χ2n) is 5.95. The molecule has 9 nitrogen and oxygen atoms in total. The Morgan fingerprint density at radius 2 is 2.00 bits per heavy atom. The molecule has 10 heteroatoms. The van der Waals surface area contributed by atoms with Gasteiger partial charge in [-0.15, -0.1) is 0 Å². The zero-order chi connectivity index (χ0) is 20.1. The minimum absolute atomic E-state index is 0.235. The topological polar surface area (TPSA) is 123 Å². The molecular weight excluding hydrogens is 384 g/mol. The summed E-state index contributed by atoms with van der Waals surface area (Å²) in [5.74, 6) is -0.387. The maximum absolute atomic E-state index is 12.5. The molecule has 1 aromatic carbocycles. The number of fused-ring (bicyclic) bond motifs is 1. The molecule has 0 unspecified atom stereocenters. The first-order chi connectivity index (χ1) is 13.4. The first-order valence-corrected chi connectivity index (χ1v) is 8.76. The number of aromatic nitrogens is 4. The van der Waals surface area contributed by atoms with Crippen molar-refractivity contribution in [3.63, 3.8) is 0 Å². The SMILES string of the molecule is Cc1ncnc2ncn(CC(=N)OC(=O)NCCc3ccc(Cl)cc3)c(=O)c12. The van der Waals surface area contributed by atoms with E-state index >= 15 is 0 Å². The van der Waals surface area contributed by atoms with Crippen molar-refractivity contribution in [1.29, 1.82) is 5.41 Å². The lowest BCUT2D eigenvalue weighted by Gasteiger charge is -2.10. The van der Waals surface area contributed by atoms with Crippen molar-refractivity contribution in [3.05, 3.63) is 63.6 Å². The smallest absolute Gasteiger partial charge is 0.394 e. The summed E-state index contributed by atoms with van der Waals surface area (Å²) in [5, 5.41) is 11.3. The number of hydrogen-bond acceptors (Lipinski definition) is 7. The van der Waals surface area contributed by atoms with Crippen LogP contribution in [0.25, 0.3) is 11.0 Å². The van der Waals surface area contributed by atoms with E-state index < -0.39 is 11.7 Å². The van der Waals surface area contributed by atoms with Gasteiger partial charge in [-0.2, -0.15) is 0 Å². The predicted molar refractivity (Wildman–Crippen MR) is 104 cm³/mol. The van der Waals surface area contributed by atoms with Gasteiger partial charge in [0.2, 0.25) is 5.90 Å². The third kappa shape index (κ3) is 4.68. The molecule has 2 N–H and O–H groups in total. The lowest BCUT2D eigenvalue weighted by atomic mass is 10.1. The number of hydrogen-bond donors (Lipinski definition) is 2. The molecule has 0 aliphatic carbocycles. The molecular formula is C18H17ClN6O3. The van der Waals surface area contributed by atoms with Crippen LogP contribution in [0.4, 0.5) is 4.79 Å². The predicted octanol–water partition coefficient (Wildman–Crippen LogP) is 2.09. The van der Waals surface area contributed by atoms with E-state index in [1.807, 2.05) is 12.1 Å². The van der Waals surface area contributed by atoms with Crippen molar-refractivity contribution in [2.45, 2.75) is 19.9 Å². The van der Waals surface area contributed by atoms with Crippen LogP contribution in [-0.2, 0) is 17.7 Å². The van der Waals surface area contributed by atoms with Gasteiger partial charge in [-0.05, 0) is 31.0 Å². The van der Waals surface area contributed by atoms with Crippen LogP contribution in [0.3, 0.4) is 0 Å². The van der Waals surface area contributed by atoms with Crippen molar-refractivity contribution in [2.24, 2.45) is 0 Å². The van der Waals surface area contributed by atoms with Gasteiger partial charge in [-0.25, -0.2) is 19.7 Å². The molecule has 3 aromatic rings. The molecule has 0 saturated carbocycles. The Labute approximate surface area is 164 Å². The van der Waals surface area contributed by atoms with Gasteiger partial charge < -0.3 is 10.1 Å². The zero-order valence-electron chi connectivity index (χ0n) is 15.0. The molecule has 2 aromatic heterocycles. The summed E-state index contributed by atoms with van der Waals surface area (Å²) >= 11 is 5.82. The van der Waals surface area contributed by atoms with Crippen molar-refractivity contribution >= 4 is 34.6 Å². The summed E-state index contributed by atoms with van der Waals surface area (Å²) in [5.41, 5.74) is 1.37. The van der Waals surface area contributed by atoms with Crippen LogP contribution in [0, 0.1) is 12.3 Å². The van der Waals surface area contributed by atoms with Gasteiger partial charge in [0, 0.05) is 11.6 Å². The van der Waals surface area contributed by atoms with E-state index in [1.165, 1.54) is 17.2 Å². The number of nitrogens with one attached hydrogen (secondary N) is 2. The quantitative estimate of drug-likeness (QED) is 0.499. The molecule has 2 heterocycles. The molecule has 1 amide bonds. The Kier molecular flexibility index (Phi) is 5.95. The van der Waals surface area contributed by atoms with E-state index in [0.29, 0.717) is 23.7 Å². The molecule has 0 fully saturated rings. The van der Waals surface area contributed by atoms with E-state index in [1.54, 1.807) is 19.1 Å². The van der Waals surface area contributed by atoms with Crippen molar-refractivity contribution in [2.75, 3.05) is 6.54 Å². The highest BCUT2D eigenvalue weighted by atomic mass is 35.5. The maximum Gasteiger partial charge on any atom is 0.413 e. The van der Waals surface area contributed by atoms with Crippen LogP contribution in [0.15, 0.2) is 41.7 Å². The number of rotatable bonds is 5. The number of benzene rings is 1. The molecule has 0 bridgehead atoms. The molecule has 0 atom stereocenters. The van der Waals surface area contributed by atoms with Gasteiger partial charge >= 0.3 is 6.09 Å². The van der Waals surface area contributed by atoms with Crippen molar-refractivity contribution in [1.82, 2.24) is 24.8 Å². The number of carbonyl (C=O) groups excluding carboxylic acids is 1. The molecule has 0 saturated heterocycles. The fraction of sp³-hybridized carbons (Fsp3) is 0.222. The Bertz CT molecular complexity index is 1080. The summed E-state index contributed by atoms with van der Waals surface area (Å²) in [4.78, 5) is 36.3. The minimum Gasteiger partial charge on any atom is -0.394 e. The summed E-state index contributed by atoms with van der Waals surface area (Å²) in [6.07, 6.45) is 2.41. The van der Waals surface area contributed by atoms with Gasteiger partial charge in [0.15, 0.2) is 5.65 Å². The molecule has 28 heavy (non-hydrogen) atoms. The van der Waals surface area contributed by atoms with Gasteiger partial charge in [0.1, 0.15) is 24.6 Å². The highest BCUT2D eigenvalue weighted by molar-refractivity contribution is 6.30. The van der Waals surface area contributed by atoms with E-state index in [9.17, 15) is 9.59 Å². The van der Waals surface area contributed by atoms with E-state index in [2.05, 4.69) is 20.3 Å². The summed E-state index contributed by atoms with van der Waals surface area (Å²) < 4.78 is 6.07. The van der Waals surface area contributed by atoms with Gasteiger partial charge in [-0.1, -0.05) is 23.7 Å².